The molecule has 0 bridgehead atoms. The number of hydrogen-bond donors (Lipinski definition) is 2. The molecule has 1 heterocycles. The van der Waals surface area contributed by atoms with E-state index in [1.807, 2.05) is 42.5 Å². The largest absolute Gasteiger partial charge is 0.444 e. The first kappa shape index (κ1) is 21.0. The number of nitrogens with zero attached hydrogens (tertiary/aromatic N) is 2. The lowest BCUT2D eigenvalue weighted by Crippen LogP contribution is -2.36. The van der Waals surface area contributed by atoms with Crippen LogP contribution in [0.2, 0.25) is 0 Å². The van der Waals surface area contributed by atoms with Crippen molar-refractivity contribution in [2.45, 2.75) is 26.9 Å². The molecule has 0 spiro atoms. The predicted octanol–water partition coefficient (Wildman–Crippen LogP) is 4.52. The van der Waals surface area contributed by atoms with Gasteiger partial charge in [0.05, 0.1) is 18.8 Å². The van der Waals surface area contributed by atoms with Gasteiger partial charge in [0.15, 0.2) is 5.96 Å². The Morgan fingerprint density at radius 1 is 1.04 bits per heavy atom. The minimum Gasteiger partial charge on any atom is -0.444 e. The van der Waals surface area contributed by atoms with Crippen LogP contribution < -0.4 is 10.6 Å². The van der Waals surface area contributed by atoms with E-state index in [1.54, 1.807) is 6.26 Å². The Morgan fingerprint density at radius 2 is 1.78 bits per heavy atom. The molecule has 142 valence electrons. The monoisotopic (exact) mass is 476 g/mol. The van der Waals surface area contributed by atoms with Gasteiger partial charge in [-0.05, 0) is 37.1 Å². The number of benzene rings is 2. The van der Waals surface area contributed by atoms with Crippen molar-refractivity contribution in [2.24, 2.45) is 4.99 Å². The summed E-state index contributed by atoms with van der Waals surface area (Å²) < 4.78 is 5.58. The van der Waals surface area contributed by atoms with Gasteiger partial charge in [0.25, 0.3) is 0 Å². The third-order valence-corrected chi connectivity index (χ3v) is 4.02. The van der Waals surface area contributed by atoms with E-state index in [4.69, 9.17) is 4.42 Å². The van der Waals surface area contributed by atoms with Gasteiger partial charge in [-0.15, -0.1) is 24.0 Å². The second kappa shape index (κ2) is 10.7. The first-order valence-corrected chi connectivity index (χ1v) is 8.82. The highest BCUT2D eigenvalue weighted by Crippen LogP contribution is 2.17. The molecule has 1 aromatic heterocycles. The smallest absolute Gasteiger partial charge is 0.226 e. The molecule has 0 unspecified atom stereocenters. The number of halogens is 1. The van der Waals surface area contributed by atoms with Gasteiger partial charge in [0.1, 0.15) is 6.26 Å². The van der Waals surface area contributed by atoms with E-state index in [9.17, 15) is 0 Å². The zero-order valence-electron chi connectivity index (χ0n) is 15.6. The van der Waals surface area contributed by atoms with Crippen molar-refractivity contribution in [3.63, 3.8) is 0 Å². The van der Waals surface area contributed by atoms with Gasteiger partial charge in [0.2, 0.25) is 5.89 Å². The Labute approximate surface area is 177 Å². The molecule has 2 N–H and O–H groups in total. The molecule has 5 nitrogen and oxygen atoms in total. The lowest BCUT2D eigenvalue weighted by molar-refractivity contribution is 0.572. The third-order valence-electron chi connectivity index (χ3n) is 4.02. The van der Waals surface area contributed by atoms with Crippen LogP contribution in [-0.2, 0) is 13.1 Å². The zero-order chi connectivity index (χ0) is 18.2. The van der Waals surface area contributed by atoms with Gasteiger partial charge >= 0.3 is 0 Å². The Hall–Kier alpha value is -2.35. The molecule has 0 radical (unpaired) electrons. The molecule has 3 rings (SSSR count). The zero-order valence-corrected chi connectivity index (χ0v) is 17.9. The SMILES string of the molecule is CCNC(=NCc1ccccc1C)NCc1coc(-c2ccccc2)n1.I. The highest BCUT2D eigenvalue weighted by atomic mass is 127. The highest BCUT2D eigenvalue weighted by molar-refractivity contribution is 14.0. The summed E-state index contributed by atoms with van der Waals surface area (Å²) in [7, 11) is 0. The van der Waals surface area contributed by atoms with Crippen LogP contribution in [0.15, 0.2) is 70.3 Å². The van der Waals surface area contributed by atoms with E-state index >= 15 is 0 Å². The lowest BCUT2D eigenvalue weighted by Gasteiger charge is -2.10. The normalized spacial score (nSPS) is 11.0. The number of rotatable bonds is 6. The van der Waals surface area contributed by atoms with E-state index < -0.39 is 0 Å². The number of hydrogen-bond acceptors (Lipinski definition) is 3. The van der Waals surface area contributed by atoms with Gasteiger partial charge in [-0.2, -0.15) is 0 Å². The van der Waals surface area contributed by atoms with Crippen LogP contribution in [0.1, 0.15) is 23.7 Å². The van der Waals surface area contributed by atoms with Crippen molar-refractivity contribution in [3.05, 3.63) is 77.7 Å². The van der Waals surface area contributed by atoms with Gasteiger partial charge in [-0.3, -0.25) is 0 Å². The van der Waals surface area contributed by atoms with Gasteiger partial charge in [0, 0.05) is 12.1 Å². The van der Waals surface area contributed by atoms with Crippen molar-refractivity contribution in [1.82, 2.24) is 15.6 Å². The fraction of sp³-hybridized carbons (Fsp3) is 0.238. The van der Waals surface area contributed by atoms with Crippen LogP contribution in [0.4, 0.5) is 0 Å². The number of nitrogens with one attached hydrogen (secondary N) is 2. The number of oxazole rings is 1. The molecule has 0 fully saturated rings. The number of guanidine groups is 1. The van der Waals surface area contributed by atoms with Crippen molar-refractivity contribution < 1.29 is 4.42 Å². The molecule has 6 heteroatoms. The predicted molar refractivity (Wildman–Crippen MR) is 120 cm³/mol. The highest BCUT2D eigenvalue weighted by Gasteiger charge is 2.07. The maximum atomic E-state index is 5.58. The van der Waals surface area contributed by atoms with Crippen molar-refractivity contribution in [1.29, 1.82) is 0 Å². The maximum Gasteiger partial charge on any atom is 0.226 e. The molecular weight excluding hydrogens is 451 g/mol. The Kier molecular flexibility index (Phi) is 8.32. The molecule has 27 heavy (non-hydrogen) atoms. The minimum absolute atomic E-state index is 0. The fourth-order valence-electron chi connectivity index (χ4n) is 2.57. The average molecular weight is 476 g/mol. The number of aromatic nitrogens is 1. The van der Waals surface area contributed by atoms with Crippen LogP contribution in [0, 0.1) is 6.92 Å². The molecular formula is C21H25IN4O. The van der Waals surface area contributed by atoms with E-state index in [1.165, 1.54) is 11.1 Å². The molecule has 0 saturated carbocycles. The van der Waals surface area contributed by atoms with Crippen LogP contribution in [0.5, 0.6) is 0 Å². The summed E-state index contributed by atoms with van der Waals surface area (Å²) >= 11 is 0. The summed E-state index contributed by atoms with van der Waals surface area (Å²) in [4.78, 5) is 9.19. The Balaban J connectivity index is 0.00000261. The molecule has 3 aromatic rings. The second-order valence-corrected chi connectivity index (χ2v) is 5.99. The summed E-state index contributed by atoms with van der Waals surface area (Å²) in [6.07, 6.45) is 1.68. The molecule has 2 aromatic carbocycles. The summed E-state index contributed by atoms with van der Waals surface area (Å²) in [6.45, 7) is 6.14. The second-order valence-electron chi connectivity index (χ2n) is 5.99. The molecule has 0 amide bonds. The quantitative estimate of drug-likeness (QED) is 0.312. The fourth-order valence-corrected chi connectivity index (χ4v) is 2.57. The lowest BCUT2D eigenvalue weighted by atomic mass is 10.1. The van der Waals surface area contributed by atoms with E-state index in [0.717, 1.165) is 23.8 Å². The standard InChI is InChI=1S/C21H24N4O.HI/c1-3-22-21(23-13-18-12-8-7-9-16(18)2)24-14-19-15-26-20(25-19)17-10-5-4-6-11-17;/h4-12,15H,3,13-14H2,1-2H3,(H2,22,23,24);1H. The molecule has 0 saturated heterocycles. The average Bonchev–Trinajstić information content (AvgIpc) is 3.15. The van der Waals surface area contributed by atoms with E-state index in [0.29, 0.717) is 19.0 Å². The van der Waals surface area contributed by atoms with Gasteiger partial charge in [-0.1, -0.05) is 42.5 Å². The van der Waals surface area contributed by atoms with Crippen molar-refractivity contribution >= 4 is 29.9 Å². The first-order valence-electron chi connectivity index (χ1n) is 8.82. The van der Waals surface area contributed by atoms with Crippen LogP contribution in [-0.4, -0.2) is 17.5 Å². The summed E-state index contributed by atoms with van der Waals surface area (Å²) in [5.41, 5.74) is 4.28. The molecule has 0 aliphatic carbocycles. The molecule has 0 atom stereocenters. The molecule has 0 aliphatic rings. The van der Waals surface area contributed by atoms with E-state index in [-0.39, 0.29) is 24.0 Å². The van der Waals surface area contributed by atoms with E-state index in [2.05, 4.69) is 46.6 Å². The van der Waals surface area contributed by atoms with Crippen molar-refractivity contribution in [2.75, 3.05) is 6.54 Å². The maximum absolute atomic E-state index is 5.58. The minimum atomic E-state index is 0. The van der Waals surface area contributed by atoms with Crippen LogP contribution >= 0.6 is 24.0 Å². The van der Waals surface area contributed by atoms with Gasteiger partial charge < -0.3 is 15.1 Å². The molecule has 0 aliphatic heterocycles. The topological polar surface area (TPSA) is 62.5 Å². The first-order chi connectivity index (χ1) is 12.8. The number of aliphatic imine (C=N–C) groups is 1. The third kappa shape index (κ3) is 6.09. The van der Waals surface area contributed by atoms with Crippen LogP contribution in [0.25, 0.3) is 11.5 Å². The summed E-state index contributed by atoms with van der Waals surface area (Å²) in [5, 5.41) is 6.57. The summed E-state index contributed by atoms with van der Waals surface area (Å²) in [6, 6.07) is 18.2. The Morgan fingerprint density at radius 3 is 2.52 bits per heavy atom. The summed E-state index contributed by atoms with van der Waals surface area (Å²) in [5.74, 6) is 1.39. The van der Waals surface area contributed by atoms with Gasteiger partial charge in [-0.25, -0.2) is 9.98 Å². The van der Waals surface area contributed by atoms with Crippen LogP contribution in [0.3, 0.4) is 0 Å². The Bertz CT molecular complexity index is 861. The van der Waals surface area contributed by atoms with Crippen molar-refractivity contribution in [3.8, 4) is 11.5 Å². The number of aryl methyl sites for hydroxylation is 1.